The van der Waals surface area contributed by atoms with Gasteiger partial charge in [0.15, 0.2) is 5.96 Å². The lowest BCUT2D eigenvalue weighted by Crippen LogP contribution is -2.28. The molecule has 7 N–H and O–H groups in total. The highest BCUT2D eigenvalue weighted by molar-refractivity contribution is 5.96. The predicted octanol–water partition coefficient (Wildman–Crippen LogP) is -1.08. The zero-order chi connectivity index (χ0) is 12.0. The van der Waals surface area contributed by atoms with Gasteiger partial charge in [0.05, 0.1) is 0 Å². The molecule has 0 aliphatic heterocycles. The second-order valence-electron chi connectivity index (χ2n) is 2.81. The van der Waals surface area contributed by atoms with E-state index in [0.717, 1.165) is 0 Å². The normalized spacial score (nSPS) is 10.6. The Bertz CT molecular complexity index is 421. The van der Waals surface area contributed by atoms with Gasteiger partial charge in [-0.25, -0.2) is 5.43 Å². The average Bonchev–Trinajstić information content (AvgIpc) is 2.26. The molecule has 0 bridgehead atoms. The largest absolute Gasteiger partial charge is 0.370 e. The molecule has 0 heterocycles. The summed E-state index contributed by atoms with van der Waals surface area (Å²) in [5.74, 6) is -0.839. The molecule has 0 radical (unpaired) electrons. The van der Waals surface area contributed by atoms with Gasteiger partial charge in [-0.3, -0.25) is 4.79 Å². The highest BCUT2D eigenvalue weighted by atomic mass is 16.2. The van der Waals surface area contributed by atoms with E-state index in [1.165, 1.54) is 0 Å². The van der Waals surface area contributed by atoms with Crippen molar-refractivity contribution in [2.75, 3.05) is 0 Å². The minimum Gasteiger partial charge on any atom is -0.370 e. The third-order valence-electron chi connectivity index (χ3n) is 1.55. The van der Waals surface area contributed by atoms with Crippen LogP contribution in [0.5, 0.6) is 0 Å². The predicted molar refractivity (Wildman–Crippen MR) is 61.3 cm³/mol. The number of hydrogen-bond acceptors (Lipinski definition) is 2. The third-order valence-corrected chi connectivity index (χ3v) is 1.55. The Morgan fingerprint density at radius 3 is 2.31 bits per heavy atom. The second kappa shape index (κ2) is 5.35. The van der Waals surface area contributed by atoms with Crippen LogP contribution in [0.15, 0.2) is 40.4 Å². The molecule has 0 aromatic heterocycles. The number of hydrogen-bond donors (Lipinski definition) is 4. The van der Waals surface area contributed by atoms with Gasteiger partial charge in [-0.1, -0.05) is 18.2 Å². The van der Waals surface area contributed by atoms with Crippen LogP contribution in [0.4, 0.5) is 0 Å². The second-order valence-corrected chi connectivity index (χ2v) is 2.81. The van der Waals surface area contributed by atoms with Crippen molar-refractivity contribution in [3.63, 3.8) is 0 Å². The van der Waals surface area contributed by atoms with E-state index in [-0.39, 0.29) is 11.9 Å². The van der Waals surface area contributed by atoms with Crippen molar-refractivity contribution < 1.29 is 4.79 Å². The van der Waals surface area contributed by atoms with Crippen LogP contribution in [0.2, 0.25) is 0 Å². The lowest BCUT2D eigenvalue weighted by atomic mass is 10.2. The van der Waals surface area contributed by atoms with E-state index in [1.54, 1.807) is 30.3 Å². The fourth-order valence-electron chi connectivity index (χ4n) is 0.919. The number of nitrogens with two attached hydrogens (primary N) is 3. The van der Waals surface area contributed by atoms with Crippen molar-refractivity contribution in [3.8, 4) is 0 Å². The first-order valence-corrected chi connectivity index (χ1v) is 4.38. The van der Waals surface area contributed by atoms with Crippen molar-refractivity contribution in [1.82, 2.24) is 5.43 Å². The summed E-state index contributed by atoms with van der Waals surface area (Å²) in [7, 11) is 0. The minimum absolute atomic E-state index is 0.218. The molecule has 0 spiro atoms. The van der Waals surface area contributed by atoms with Crippen LogP contribution < -0.4 is 22.6 Å². The summed E-state index contributed by atoms with van der Waals surface area (Å²) < 4.78 is 0. The molecule has 0 saturated carbocycles. The van der Waals surface area contributed by atoms with Crippen LogP contribution in [0.3, 0.4) is 0 Å². The molecule has 7 heteroatoms. The van der Waals surface area contributed by atoms with E-state index < -0.39 is 5.91 Å². The number of carbonyl (C=O) groups excluding carboxylic acids is 1. The average molecular weight is 220 g/mol. The van der Waals surface area contributed by atoms with Crippen LogP contribution in [0.1, 0.15) is 10.4 Å². The molecule has 16 heavy (non-hydrogen) atoms. The van der Waals surface area contributed by atoms with Gasteiger partial charge in [0.25, 0.3) is 5.91 Å². The molecule has 0 atom stereocenters. The van der Waals surface area contributed by atoms with Gasteiger partial charge in [-0.2, -0.15) is 4.99 Å². The molecule has 0 saturated heterocycles. The molecule has 0 unspecified atom stereocenters. The van der Waals surface area contributed by atoms with Gasteiger partial charge in [0.1, 0.15) is 0 Å². The van der Waals surface area contributed by atoms with E-state index in [9.17, 15) is 4.79 Å². The smallest absolute Gasteiger partial charge is 0.271 e. The topological polar surface area (TPSA) is 132 Å². The number of rotatable bonds is 2. The Labute approximate surface area is 92.0 Å². The number of guanidine groups is 2. The molecular formula is C9H12N6O. The van der Waals surface area contributed by atoms with Crippen molar-refractivity contribution in [3.05, 3.63) is 35.9 Å². The van der Waals surface area contributed by atoms with E-state index >= 15 is 0 Å². The van der Waals surface area contributed by atoms with Gasteiger partial charge < -0.3 is 17.2 Å². The molecule has 84 valence electrons. The van der Waals surface area contributed by atoms with Crippen molar-refractivity contribution in [1.29, 1.82) is 0 Å². The molecular weight excluding hydrogens is 208 g/mol. The molecule has 1 aromatic rings. The van der Waals surface area contributed by atoms with E-state index in [4.69, 9.17) is 17.2 Å². The van der Waals surface area contributed by atoms with Gasteiger partial charge >= 0.3 is 0 Å². The van der Waals surface area contributed by atoms with Gasteiger partial charge in [-0.05, 0) is 12.1 Å². The number of nitrogens with zero attached hydrogens (tertiary/aromatic N) is 2. The SMILES string of the molecule is NC(N)=N/C(N)=N/NC(=O)c1ccccc1. The van der Waals surface area contributed by atoms with Crippen LogP contribution in [0.25, 0.3) is 0 Å². The fourth-order valence-corrected chi connectivity index (χ4v) is 0.919. The molecule has 0 aliphatic rings. The summed E-state index contributed by atoms with van der Waals surface area (Å²) in [5.41, 5.74) is 18.1. The van der Waals surface area contributed by atoms with E-state index in [2.05, 4.69) is 15.5 Å². The number of hydrazone groups is 1. The molecule has 0 aliphatic carbocycles. The Morgan fingerprint density at radius 2 is 1.75 bits per heavy atom. The first-order chi connectivity index (χ1) is 7.59. The summed E-state index contributed by atoms with van der Waals surface area (Å²) >= 11 is 0. The van der Waals surface area contributed by atoms with Crippen molar-refractivity contribution in [2.45, 2.75) is 0 Å². The number of aliphatic imine (C=N–C) groups is 1. The molecule has 1 rings (SSSR count). The molecule has 7 nitrogen and oxygen atoms in total. The summed E-state index contributed by atoms with van der Waals surface area (Å²) in [6, 6.07) is 8.55. The lowest BCUT2D eigenvalue weighted by Gasteiger charge is -1.99. The summed E-state index contributed by atoms with van der Waals surface area (Å²) in [4.78, 5) is 14.9. The maximum Gasteiger partial charge on any atom is 0.271 e. The maximum atomic E-state index is 11.5. The van der Waals surface area contributed by atoms with Gasteiger partial charge in [0, 0.05) is 5.56 Å². The van der Waals surface area contributed by atoms with Crippen molar-refractivity contribution >= 4 is 17.8 Å². The van der Waals surface area contributed by atoms with Gasteiger partial charge in [-0.15, -0.1) is 5.10 Å². The highest BCUT2D eigenvalue weighted by Gasteiger charge is 2.02. The molecule has 1 amide bonds. The zero-order valence-electron chi connectivity index (χ0n) is 8.42. The van der Waals surface area contributed by atoms with E-state index in [1.807, 2.05) is 0 Å². The maximum absolute atomic E-state index is 11.5. The van der Waals surface area contributed by atoms with Gasteiger partial charge in [0.2, 0.25) is 5.96 Å². The number of benzene rings is 1. The Hall–Kier alpha value is -2.57. The Kier molecular flexibility index (Phi) is 3.84. The summed E-state index contributed by atoms with van der Waals surface area (Å²) in [5, 5.41) is 3.49. The number of nitrogens with one attached hydrogen (secondary N) is 1. The Balaban J connectivity index is 2.63. The third kappa shape index (κ3) is 3.66. The van der Waals surface area contributed by atoms with E-state index in [0.29, 0.717) is 5.56 Å². The quantitative estimate of drug-likeness (QED) is 0.286. The molecule has 0 fully saturated rings. The van der Waals surface area contributed by atoms with Crippen molar-refractivity contribution in [2.24, 2.45) is 27.3 Å². The summed E-state index contributed by atoms with van der Waals surface area (Å²) in [6.45, 7) is 0. The highest BCUT2D eigenvalue weighted by Crippen LogP contribution is 1.97. The van der Waals surface area contributed by atoms with Crippen LogP contribution in [0, 0.1) is 0 Å². The number of amides is 1. The molecule has 1 aromatic carbocycles. The van der Waals surface area contributed by atoms with Crippen LogP contribution in [-0.4, -0.2) is 17.8 Å². The van der Waals surface area contributed by atoms with Crippen LogP contribution >= 0.6 is 0 Å². The first kappa shape index (κ1) is 11.5. The minimum atomic E-state index is -0.394. The fraction of sp³-hybridized carbons (Fsp3) is 0. The first-order valence-electron chi connectivity index (χ1n) is 4.38. The number of carbonyl (C=O) groups is 1. The summed E-state index contributed by atoms with van der Waals surface area (Å²) in [6.07, 6.45) is 0. The lowest BCUT2D eigenvalue weighted by molar-refractivity contribution is 0.0954. The Morgan fingerprint density at radius 1 is 1.12 bits per heavy atom. The zero-order valence-corrected chi connectivity index (χ0v) is 8.42. The standard InChI is InChI=1S/C9H12N6O/c10-8(11)13-9(12)15-14-7(16)6-4-2-1-3-5-6/h1-5H,(H,14,16)(H6,10,11,12,13,15). The monoisotopic (exact) mass is 220 g/mol. The van der Waals surface area contributed by atoms with Crippen LogP contribution in [-0.2, 0) is 0 Å².